The van der Waals surface area contributed by atoms with Crippen molar-refractivity contribution in [2.75, 3.05) is 6.54 Å². The van der Waals surface area contributed by atoms with Gasteiger partial charge in [-0.3, -0.25) is 4.98 Å². The van der Waals surface area contributed by atoms with E-state index < -0.39 is 0 Å². The van der Waals surface area contributed by atoms with Crippen LogP contribution in [0.15, 0.2) is 36.5 Å². The number of phenols is 1. The lowest BCUT2D eigenvalue weighted by Crippen LogP contribution is -2.34. The third-order valence-electron chi connectivity index (χ3n) is 4.22. The molecule has 1 aromatic carbocycles. The molecular weight excluding hydrogens is 276 g/mol. The molecule has 22 heavy (non-hydrogen) atoms. The molecule has 0 unspecified atom stereocenters. The average Bonchev–Trinajstić information content (AvgIpc) is 2.54. The number of aromatic hydroxyl groups is 2. The zero-order valence-corrected chi connectivity index (χ0v) is 12.6. The predicted octanol–water partition coefficient (Wildman–Crippen LogP) is 3.23. The smallest absolute Gasteiger partial charge is 0.133 e. The summed E-state index contributed by atoms with van der Waals surface area (Å²) in [5, 5.41) is 22.8. The highest BCUT2D eigenvalue weighted by Crippen LogP contribution is 2.26. The van der Waals surface area contributed by atoms with Crippen LogP contribution in [0.1, 0.15) is 31.2 Å². The summed E-state index contributed by atoms with van der Waals surface area (Å²) in [6, 6.07) is 9.57. The number of nitrogens with zero attached hydrogens (tertiary/aromatic N) is 1. The minimum absolute atomic E-state index is 0.146. The summed E-state index contributed by atoms with van der Waals surface area (Å²) >= 11 is 0. The molecule has 1 atom stereocenters. The Kier molecular flexibility index (Phi) is 4.59. The van der Waals surface area contributed by atoms with E-state index in [1.807, 2.05) is 6.07 Å². The number of aryl methyl sites for hydroxylation is 1. The molecule has 4 nitrogen and oxygen atoms in total. The average molecular weight is 298 g/mol. The second-order valence-electron chi connectivity index (χ2n) is 5.98. The van der Waals surface area contributed by atoms with E-state index >= 15 is 0 Å². The number of benzene rings is 1. The van der Waals surface area contributed by atoms with Crippen molar-refractivity contribution in [1.29, 1.82) is 0 Å². The second kappa shape index (κ2) is 6.79. The van der Waals surface area contributed by atoms with E-state index in [-0.39, 0.29) is 11.5 Å². The fraction of sp³-hybridized carbons (Fsp3) is 0.389. The Morgan fingerprint density at radius 3 is 2.73 bits per heavy atom. The molecule has 0 amide bonds. The van der Waals surface area contributed by atoms with Crippen molar-refractivity contribution in [3.05, 3.63) is 42.1 Å². The van der Waals surface area contributed by atoms with E-state index in [0.29, 0.717) is 6.04 Å². The Hall–Kier alpha value is -2.07. The van der Waals surface area contributed by atoms with Gasteiger partial charge in [-0.1, -0.05) is 6.42 Å². The van der Waals surface area contributed by atoms with Gasteiger partial charge in [0.25, 0.3) is 0 Å². The Labute approximate surface area is 130 Å². The molecule has 2 aromatic rings. The van der Waals surface area contributed by atoms with Gasteiger partial charge in [0.15, 0.2) is 0 Å². The van der Waals surface area contributed by atoms with Crippen molar-refractivity contribution in [3.63, 3.8) is 0 Å². The monoisotopic (exact) mass is 298 g/mol. The number of pyridine rings is 1. The Balaban J connectivity index is 1.73. The molecule has 3 rings (SSSR count). The molecule has 0 radical (unpaired) electrons. The molecule has 1 aromatic heterocycles. The van der Waals surface area contributed by atoms with Crippen LogP contribution in [0.2, 0.25) is 0 Å². The van der Waals surface area contributed by atoms with Gasteiger partial charge in [0.1, 0.15) is 11.5 Å². The maximum Gasteiger partial charge on any atom is 0.133 e. The Morgan fingerprint density at radius 1 is 1.09 bits per heavy atom. The Bertz CT molecular complexity index is 619. The first-order chi connectivity index (χ1) is 10.7. The molecule has 1 aliphatic heterocycles. The van der Waals surface area contributed by atoms with Gasteiger partial charge in [-0.15, -0.1) is 0 Å². The van der Waals surface area contributed by atoms with Gasteiger partial charge in [0.05, 0.1) is 11.9 Å². The number of aromatic nitrogens is 1. The van der Waals surface area contributed by atoms with Gasteiger partial charge in [-0.25, -0.2) is 0 Å². The zero-order valence-electron chi connectivity index (χ0n) is 12.6. The highest BCUT2D eigenvalue weighted by Gasteiger charge is 2.13. The number of piperidine rings is 1. The number of phenolic OH excluding ortho intramolecular Hbond substituents is 1. The molecule has 4 heteroatoms. The third-order valence-corrected chi connectivity index (χ3v) is 4.22. The standard InChI is InChI=1S/C18H22N2O2/c21-16-6-7-18(20-12-16)14-9-13(10-17(22)11-14)4-5-15-3-1-2-8-19-15/h6-7,9-12,15,19,21-22H,1-5,8H2/t15-/m1/s1. The Morgan fingerprint density at radius 2 is 2.00 bits per heavy atom. The van der Waals surface area contributed by atoms with Crippen molar-refractivity contribution in [1.82, 2.24) is 10.3 Å². The molecule has 0 saturated carbocycles. The van der Waals surface area contributed by atoms with Crippen molar-refractivity contribution in [3.8, 4) is 22.8 Å². The van der Waals surface area contributed by atoms with Crippen LogP contribution in [0, 0.1) is 0 Å². The van der Waals surface area contributed by atoms with Crippen LogP contribution in [0.25, 0.3) is 11.3 Å². The van der Waals surface area contributed by atoms with E-state index in [2.05, 4.69) is 16.4 Å². The van der Waals surface area contributed by atoms with Gasteiger partial charge < -0.3 is 15.5 Å². The van der Waals surface area contributed by atoms with Gasteiger partial charge in [-0.2, -0.15) is 0 Å². The van der Waals surface area contributed by atoms with Crippen LogP contribution in [-0.4, -0.2) is 27.8 Å². The first kappa shape index (κ1) is 14.9. The van der Waals surface area contributed by atoms with Gasteiger partial charge in [0.2, 0.25) is 0 Å². The SMILES string of the molecule is Oc1ccc(-c2cc(O)cc(CC[C@H]3CCCCN3)c2)nc1. The van der Waals surface area contributed by atoms with Crippen molar-refractivity contribution in [2.45, 2.75) is 38.1 Å². The first-order valence-corrected chi connectivity index (χ1v) is 7.92. The normalized spacial score (nSPS) is 18.3. The van der Waals surface area contributed by atoms with E-state index in [9.17, 15) is 10.2 Å². The van der Waals surface area contributed by atoms with Crippen LogP contribution >= 0.6 is 0 Å². The van der Waals surface area contributed by atoms with Crippen LogP contribution in [0.3, 0.4) is 0 Å². The van der Waals surface area contributed by atoms with Crippen LogP contribution < -0.4 is 5.32 Å². The molecule has 0 spiro atoms. The number of hydrogen-bond donors (Lipinski definition) is 3. The predicted molar refractivity (Wildman–Crippen MR) is 87.0 cm³/mol. The molecular formula is C18H22N2O2. The molecule has 3 N–H and O–H groups in total. The quantitative estimate of drug-likeness (QED) is 0.811. The molecule has 1 fully saturated rings. The fourth-order valence-electron chi connectivity index (χ4n) is 3.03. The molecule has 116 valence electrons. The summed E-state index contributed by atoms with van der Waals surface area (Å²) in [6.07, 6.45) is 7.28. The maximum absolute atomic E-state index is 9.95. The lowest BCUT2D eigenvalue weighted by atomic mass is 9.96. The summed E-state index contributed by atoms with van der Waals surface area (Å²) in [6.45, 7) is 1.12. The highest BCUT2D eigenvalue weighted by atomic mass is 16.3. The van der Waals surface area contributed by atoms with Gasteiger partial charge in [0, 0.05) is 11.6 Å². The minimum atomic E-state index is 0.146. The van der Waals surface area contributed by atoms with Gasteiger partial charge in [-0.05, 0) is 68.1 Å². The molecule has 0 aliphatic carbocycles. The summed E-state index contributed by atoms with van der Waals surface area (Å²) < 4.78 is 0. The second-order valence-corrected chi connectivity index (χ2v) is 5.98. The van der Waals surface area contributed by atoms with Crippen LogP contribution in [-0.2, 0) is 6.42 Å². The van der Waals surface area contributed by atoms with Crippen LogP contribution in [0.5, 0.6) is 11.5 Å². The summed E-state index contributed by atoms with van der Waals surface area (Å²) in [7, 11) is 0. The van der Waals surface area contributed by atoms with Crippen molar-refractivity contribution in [2.24, 2.45) is 0 Å². The van der Waals surface area contributed by atoms with Gasteiger partial charge >= 0.3 is 0 Å². The maximum atomic E-state index is 9.95. The number of nitrogens with one attached hydrogen (secondary N) is 1. The topological polar surface area (TPSA) is 65.4 Å². The van der Waals surface area contributed by atoms with Crippen LogP contribution in [0.4, 0.5) is 0 Å². The first-order valence-electron chi connectivity index (χ1n) is 7.92. The van der Waals surface area contributed by atoms with E-state index in [1.54, 1.807) is 18.2 Å². The minimum Gasteiger partial charge on any atom is -0.508 e. The summed E-state index contributed by atoms with van der Waals surface area (Å²) in [5.74, 6) is 0.409. The van der Waals surface area contributed by atoms with Crippen molar-refractivity contribution < 1.29 is 10.2 Å². The lowest BCUT2D eigenvalue weighted by molar-refractivity contribution is 0.382. The number of hydrogen-bond acceptors (Lipinski definition) is 4. The highest BCUT2D eigenvalue weighted by molar-refractivity contribution is 5.62. The largest absolute Gasteiger partial charge is 0.508 e. The molecule has 0 bridgehead atoms. The molecule has 1 saturated heterocycles. The number of rotatable bonds is 4. The van der Waals surface area contributed by atoms with E-state index in [4.69, 9.17) is 0 Å². The van der Waals surface area contributed by atoms with E-state index in [0.717, 1.165) is 36.2 Å². The lowest BCUT2D eigenvalue weighted by Gasteiger charge is -2.23. The summed E-state index contributed by atoms with van der Waals surface area (Å²) in [5.41, 5.74) is 2.76. The molecule has 2 heterocycles. The van der Waals surface area contributed by atoms with Crippen molar-refractivity contribution >= 4 is 0 Å². The van der Waals surface area contributed by atoms with E-state index in [1.165, 1.54) is 25.5 Å². The summed E-state index contributed by atoms with van der Waals surface area (Å²) in [4.78, 5) is 4.21. The fourth-order valence-corrected chi connectivity index (χ4v) is 3.03. The third kappa shape index (κ3) is 3.77. The zero-order chi connectivity index (χ0) is 15.4. The molecule has 1 aliphatic rings.